The minimum absolute atomic E-state index is 0.198. The van der Waals surface area contributed by atoms with E-state index in [0.717, 1.165) is 18.4 Å². The Morgan fingerprint density at radius 1 is 1.50 bits per heavy atom. The average molecular weight is 195 g/mol. The fourth-order valence-electron chi connectivity index (χ4n) is 1.62. The highest BCUT2D eigenvalue weighted by Crippen LogP contribution is 2.39. The zero-order valence-corrected chi connectivity index (χ0v) is 8.18. The Kier molecular flexibility index (Phi) is 2.00. The molecule has 0 saturated heterocycles. The molecule has 0 aliphatic heterocycles. The number of aromatic hydroxyl groups is 1. The number of benzene rings is 1. The summed E-state index contributed by atoms with van der Waals surface area (Å²) in [6.45, 7) is 1.86. The van der Waals surface area contributed by atoms with Crippen molar-refractivity contribution < 1.29 is 9.50 Å². The van der Waals surface area contributed by atoms with Crippen molar-refractivity contribution in [1.29, 1.82) is 0 Å². The minimum Gasteiger partial charge on any atom is -0.505 e. The van der Waals surface area contributed by atoms with E-state index < -0.39 is 5.82 Å². The molecular weight excluding hydrogens is 181 g/mol. The average Bonchev–Trinajstić information content (AvgIpc) is 2.86. The molecule has 0 amide bonds. The van der Waals surface area contributed by atoms with Crippen molar-refractivity contribution in [3.8, 4) is 5.75 Å². The fraction of sp³-hybridized carbons (Fsp3) is 0.455. The van der Waals surface area contributed by atoms with Crippen molar-refractivity contribution in [3.05, 3.63) is 29.1 Å². The summed E-state index contributed by atoms with van der Waals surface area (Å²) in [7, 11) is 0. The summed E-state index contributed by atoms with van der Waals surface area (Å²) in [5.41, 5.74) is 7.30. The molecule has 1 aromatic carbocycles. The Morgan fingerprint density at radius 3 is 2.71 bits per heavy atom. The van der Waals surface area contributed by atoms with Gasteiger partial charge < -0.3 is 10.8 Å². The van der Waals surface area contributed by atoms with Crippen LogP contribution in [0.25, 0.3) is 0 Å². The lowest BCUT2D eigenvalue weighted by Crippen LogP contribution is -2.25. The standard InChI is InChI=1S/C11H14FNO/c1-7-2-3-9(12)10(14)8(7)6-11(13)4-5-11/h2-3,14H,4-6,13H2,1H3. The van der Waals surface area contributed by atoms with Gasteiger partial charge in [0.15, 0.2) is 11.6 Å². The quantitative estimate of drug-likeness (QED) is 0.756. The van der Waals surface area contributed by atoms with E-state index in [1.54, 1.807) is 6.07 Å². The molecule has 0 bridgehead atoms. The second-order valence-electron chi connectivity index (χ2n) is 4.23. The van der Waals surface area contributed by atoms with E-state index in [1.807, 2.05) is 6.92 Å². The minimum atomic E-state index is -0.560. The molecule has 0 unspecified atom stereocenters. The van der Waals surface area contributed by atoms with Crippen molar-refractivity contribution in [2.24, 2.45) is 5.73 Å². The van der Waals surface area contributed by atoms with Crippen LogP contribution in [0.1, 0.15) is 24.0 Å². The number of nitrogens with two attached hydrogens (primary N) is 1. The van der Waals surface area contributed by atoms with E-state index >= 15 is 0 Å². The zero-order valence-electron chi connectivity index (χ0n) is 8.18. The van der Waals surface area contributed by atoms with Gasteiger partial charge in [-0.25, -0.2) is 4.39 Å². The molecule has 0 radical (unpaired) electrons. The van der Waals surface area contributed by atoms with Crippen molar-refractivity contribution in [1.82, 2.24) is 0 Å². The van der Waals surface area contributed by atoms with Crippen molar-refractivity contribution in [2.75, 3.05) is 0 Å². The number of phenolic OH excluding ortho intramolecular Hbond substituents is 1. The predicted octanol–water partition coefficient (Wildman–Crippen LogP) is 1.87. The third kappa shape index (κ3) is 1.60. The normalized spacial score (nSPS) is 18.2. The molecule has 76 valence electrons. The molecule has 0 heterocycles. The lowest BCUT2D eigenvalue weighted by molar-refractivity contribution is 0.422. The largest absolute Gasteiger partial charge is 0.505 e. The van der Waals surface area contributed by atoms with Crippen LogP contribution in [-0.4, -0.2) is 10.6 Å². The summed E-state index contributed by atoms with van der Waals surface area (Å²) >= 11 is 0. The maximum atomic E-state index is 13.1. The van der Waals surface area contributed by atoms with E-state index in [0.29, 0.717) is 12.0 Å². The van der Waals surface area contributed by atoms with Crippen molar-refractivity contribution in [3.63, 3.8) is 0 Å². The van der Waals surface area contributed by atoms with Gasteiger partial charge in [-0.15, -0.1) is 0 Å². The first kappa shape index (κ1) is 9.46. The van der Waals surface area contributed by atoms with Gasteiger partial charge in [-0.05, 0) is 37.8 Å². The molecule has 3 N–H and O–H groups in total. The maximum absolute atomic E-state index is 13.1. The molecule has 14 heavy (non-hydrogen) atoms. The van der Waals surface area contributed by atoms with E-state index in [4.69, 9.17) is 5.73 Å². The molecule has 2 nitrogen and oxygen atoms in total. The Hall–Kier alpha value is -1.09. The highest BCUT2D eigenvalue weighted by Gasteiger charge is 2.39. The summed E-state index contributed by atoms with van der Waals surface area (Å²) in [5, 5.41) is 9.54. The van der Waals surface area contributed by atoms with E-state index in [-0.39, 0.29) is 11.3 Å². The lowest BCUT2D eigenvalue weighted by Gasteiger charge is -2.13. The van der Waals surface area contributed by atoms with Crippen LogP contribution in [0.3, 0.4) is 0 Å². The van der Waals surface area contributed by atoms with E-state index in [2.05, 4.69) is 0 Å². The second-order valence-corrected chi connectivity index (χ2v) is 4.23. The molecule has 1 aliphatic carbocycles. The highest BCUT2D eigenvalue weighted by atomic mass is 19.1. The van der Waals surface area contributed by atoms with Gasteiger partial charge in [0, 0.05) is 11.1 Å². The zero-order chi connectivity index (χ0) is 10.3. The first-order chi connectivity index (χ1) is 6.52. The number of rotatable bonds is 2. The second kappa shape index (κ2) is 2.95. The number of aryl methyl sites for hydroxylation is 1. The summed E-state index contributed by atoms with van der Waals surface area (Å²) in [6, 6.07) is 2.96. The fourth-order valence-corrected chi connectivity index (χ4v) is 1.62. The van der Waals surface area contributed by atoms with Crippen molar-refractivity contribution >= 4 is 0 Å². The van der Waals surface area contributed by atoms with Gasteiger partial charge in [0.05, 0.1) is 0 Å². The molecule has 3 heteroatoms. The third-order valence-corrected chi connectivity index (χ3v) is 2.89. The summed E-state index contributed by atoms with van der Waals surface area (Å²) in [5.74, 6) is -0.795. The Bertz CT molecular complexity index is 372. The number of phenols is 1. The topological polar surface area (TPSA) is 46.2 Å². The smallest absolute Gasteiger partial charge is 0.165 e. The van der Waals surface area contributed by atoms with Gasteiger partial charge >= 0.3 is 0 Å². The molecule has 1 fully saturated rings. The van der Waals surface area contributed by atoms with Gasteiger partial charge in [0.2, 0.25) is 0 Å². The van der Waals surface area contributed by atoms with Gasteiger partial charge in [-0.3, -0.25) is 0 Å². The van der Waals surface area contributed by atoms with Gasteiger partial charge in [0.1, 0.15) is 0 Å². The van der Waals surface area contributed by atoms with E-state index in [1.165, 1.54) is 6.07 Å². The SMILES string of the molecule is Cc1ccc(F)c(O)c1CC1(N)CC1. The van der Waals surface area contributed by atoms with Crippen LogP contribution in [-0.2, 0) is 6.42 Å². The molecule has 0 aromatic heterocycles. The van der Waals surface area contributed by atoms with Crippen LogP contribution >= 0.6 is 0 Å². The van der Waals surface area contributed by atoms with Crippen LogP contribution in [0.5, 0.6) is 5.75 Å². The Labute approximate surface area is 82.5 Å². The Morgan fingerprint density at radius 2 is 2.14 bits per heavy atom. The van der Waals surface area contributed by atoms with Crippen LogP contribution < -0.4 is 5.73 Å². The van der Waals surface area contributed by atoms with Crippen LogP contribution in [0, 0.1) is 12.7 Å². The molecule has 1 aromatic rings. The number of hydrogen-bond acceptors (Lipinski definition) is 2. The predicted molar refractivity (Wildman–Crippen MR) is 52.7 cm³/mol. The molecule has 1 saturated carbocycles. The lowest BCUT2D eigenvalue weighted by atomic mass is 9.99. The highest BCUT2D eigenvalue weighted by molar-refractivity contribution is 5.41. The molecule has 0 atom stereocenters. The van der Waals surface area contributed by atoms with Crippen molar-refractivity contribution in [2.45, 2.75) is 31.7 Å². The van der Waals surface area contributed by atoms with Crippen LogP contribution in [0.15, 0.2) is 12.1 Å². The number of halogens is 1. The van der Waals surface area contributed by atoms with E-state index in [9.17, 15) is 9.50 Å². The summed E-state index contributed by atoms with van der Waals surface area (Å²) < 4.78 is 13.1. The van der Waals surface area contributed by atoms with Gasteiger partial charge in [-0.1, -0.05) is 6.07 Å². The van der Waals surface area contributed by atoms with Gasteiger partial charge in [0.25, 0.3) is 0 Å². The Balaban J connectivity index is 2.35. The maximum Gasteiger partial charge on any atom is 0.165 e. The van der Waals surface area contributed by atoms with Crippen LogP contribution in [0.4, 0.5) is 4.39 Å². The van der Waals surface area contributed by atoms with Gasteiger partial charge in [-0.2, -0.15) is 0 Å². The molecule has 2 rings (SSSR count). The van der Waals surface area contributed by atoms with Crippen LogP contribution in [0.2, 0.25) is 0 Å². The summed E-state index contributed by atoms with van der Waals surface area (Å²) in [4.78, 5) is 0. The number of hydrogen-bond donors (Lipinski definition) is 2. The first-order valence-corrected chi connectivity index (χ1v) is 4.78. The summed E-state index contributed by atoms with van der Waals surface area (Å²) in [6.07, 6.45) is 2.49. The first-order valence-electron chi connectivity index (χ1n) is 4.78. The monoisotopic (exact) mass is 195 g/mol. The third-order valence-electron chi connectivity index (χ3n) is 2.89. The molecular formula is C11H14FNO. The molecule has 0 spiro atoms. The molecule has 1 aliphatic rings.